The fourth-order valence-electron chi connectivity index (χ4n) is 1.65. The van der Waals surface area contributed by atoms with Crippen LogP contribution in [0.2, 0.25) is 5.02 Å². The number of oxime groups is 2. The number of aliphatic imine (C=N–C) groups is 1. The predicted octanol–water partition coefficient (Wildman–Crippen LogP) is 2.32. The number of nitrogens with one attached hydrogen (secondary N) is 3. The molecule has 0 spiro atoms. The predicted molar refractivity (Wildman–Crippen MR) is 101 cm³/mol. The molecular formula is C14H20ClFN6O2S. The van der Waals surface area contributed by atoms with Gasteiger partial charge in [-0.15, -0.1) is 0 Å². The lowest BCUT2D eigenvalue weighted by atomic mass is 10.3. The zero-order valence-electron chi connectivity index (χ0n) is 13.6. The molecular weight excluding hydrogens is 371 g/mol. The zero-order chi connectivity index (χ0) is 18.5. The lowest BCUT2D eigenvalue weighted by molar-refractivity contribution is 0.158. The van der Waals surface area contributed by atoms with E-state index < -0.39 is 5.82 Å². The number of rotatable bonds is 11. The molecule has 0 amide bonds. The number of hydroxylamine groups is 1. The molecule has 0 saturated heterocycles. The Kier molecular flexibility index (Phi) is 10.8. The van der Waals surface area contributed by atoms with Gasteiger partial charge in [-0.3, -0.25) is 15.4 Å². The zero-order valence-corrected chi connectivity index (χ0v) is 15.2. The summed E-state index contributed by atoms with van der Waals surface area (Å²) in [7, 11) is 1.86. The Morgan fingerprint density at radius 2 is 2.28 bits per heavy atom. The van der Waals surface area contributed by atoms with E-state index in [-0.39, 0.29) is 23.1 Å². The summed E-state index contributed by atoms with van der Waals surface area (Å²) >= 11 is 7.33. The van der Waals surface area contributed by atoms with Crippen LogP contribution in [-0.4, -0.2) is 49.4 Å². The number of benzene rings is 1. The minimum atomic E-state index is -0.562. The van der Waals surface area contributed by atoms with Crippen molar-refractivity contribution in [1.29, 1.82) is 0 Å². The Bertz CT molecular complexity index is 617. The number of hydrogen-bond donors (Lipinski definition) is 4. The number of nitrogens with zero attached hydrogens (tertiary/aromatic N) is 3. The Hall–Kier alpha value is -1.72. The second-order valence-corrected chi connectivity index (χ2v) is 6.01. The summed E-state index contributed by atoms with van der Waals surface area (Å²) in [6, 6.07) is 3.90. The van der Waals surface area contributed by atoms with Crippen LogP contribution in [0.3, 0.4) is 0 Å². The molecule has 0 aliphatic carbocycles. The van der Waals surface area contributed by atoms with E-state index >= 15 is 0 Å². The van der Waals surface area contributed by atoms with Gasteiger partial charge in [0.05, 0.1) is 10.7 Å². The number of hydrogen-bond acceptors (Lipinski definition) is 8. The summed E-state index contributed by atoms with van der Waals surface area (Å²) < 4.78 is 16.2. The van der Waals surface area contributed by atoms with E-state index in [1.807, 2.05) is 12.5 Å². The standard InChI is InChI=1S/C14H20ClFN6O2S/c1-17-24-22-13(9-19-6-3-7-25-18-2)14(21-23)20-10-4-5-12(16)11(15)8-10/h4-5,8,18-19,23H,1,3,6-7,9H2,2H3,(H,20,21)/b22-13+. The van der Waals surface area contributed by atoms with Crippen molar-refractivity contribution < 1.29 is 14.5 Å². The van der Waals surface area contributed by atoms with Gasteiger partial charge in [0.15, 0.2) is 5.84 Å². The first-order valence-electron chi connectivity index (χ1n) is 7.25. The van der Waals surface area contributed by atoms with Crippen molar-refractivity contribution in [3.05, 3.63) is 29.0 Å². The SMILES string of the molecule is C=NO/N=C(\CNCCCSNC)C(=Nc1ccc(F)c(Cl)c1)NO. The molecule has 0 aliphatic rings. The van der Waals surface area contributed by atoms with E-state index in [1.54, 1.807) is 11.9 Å². The lowest BCUT2D eigenvalue weighted by Crippen LogP contribution is -2.36. The monoisotopic (exact) mass is 390 g/mol. The molecule has 0 heterocycles. The van der Waals surface area contributed by atoms with Crippen LogP contribution in [0.5, 0.6) is 0 Å². The van der Waals surface area contributed by atoms with E-state index in [1.165, 1.54) is 18.2 Å². The van der Waals surface area contributed by atoms with Crippen molar-refractivity contribution in [3.63, 3.8) is 0 Å². The Morgan fingerprint density at radius 3 is 2.92 bits per heavy atom. The van der Waals surface area contributed by atoms with Gasteiger partial charge in [-0.2, -0.15) is 0 Å². The van der Waals surface area contributed by atoms with E-state index in [9.17, 15) is 9.60 Å². The van der Waals surface area contributed by atoms with E-state index in [4.69, 9.17) is 11.6 Å². The summed E-state index contributed by atoms with van der Waals surface area (Å²) in [5, 5.41) is 19.3. The maximum Gasteiger partial charge on any atom is 0.176 e. The number of amidine groups is 1. The topological polar surface area (TPSA) is 103 Å². The van der Waals surface area contributed by atoms with Gasteiger partial charge in [0.2, 0.25) is 0 Å². The van der Waals surface area contributed by atoms with Gasteiger partial charge in [-0.25, -0.2) is 14.3 Å². The van der Waals surface area contributed by atoms with E-state index in [0.29, 0.717) is 5.69 Å². The van der Waals surface area contributed by atoms with Crippen molar-refractivity contribution in [2.24, 2.45) is 15.3 Å². The lowest BCUT2D eigenvalue weighted by Gasteiger charge is -2.09. The van der Waals surface area contributed by atoms with Gasteiger partial charge >= 0.3 is 0 Å². The van der Waals surface area contributed by atoms with Crippen LogP contribution < -0.4 is 15.5 Å². The molecule has 138 valence electrons. The van der Waals surface area contributed by atoms with Gasteiger partial charge in [-0.1, -0.05) is 33.9 Å². The second kappa shape index (κ2) is 12.6. The van der Waals surface area contributed by atoms with Crippen LogP contribution in [-0.2, 0) is 4.94 Å². The first-order chi connectivity index (χ1) is 12.1. The molecule has 0 saturated carbocycles. The fourth-order valence-corrected chi connectivity index (χ4v) is 2.32. The molecule has 0 unspecified atom stereocenters. The highest BCUT2D eigenvalue weighted by atomic mass is 35.5. The quantitative estimate of drug-likeness (QED) is 0.152. The average molecular weight is 391 g/mol. The molecule has 0 fully saturated rings. The van der Waals surface area contributed by atoms with Crippen LogP contribution in [0.1, 0.15) is 6.42 Å². The smallest absolute Gasteiger partial charge is 0.176 e. The van der Waals surface area contributed by atoms with Crippen molar-refractivity contribution in [1.82, 2.24) is 15.5 Å². The highest BCUT2D eigenvalue weighted by Gasteiger charge is 2.11. The molecule has 0 atom stereocenters. The molecule has 0 aliphatic heterocycles. The van der Waals surface area contributed by atoms with Crippen LogP contribution in [0, 0.1) is 5.82 Å². The van der Waals surface area contributed by atoms with Crippen LogP contribution in [0.25, 0.3) is 0 Å². The summed E-state index contributed by atoms with van der Waals surface area (Å²) in [5.74, 6) is 0.380. The van der Waals surface area contributed by atoms with Gasteiger partial charge < -0.3 is 5.32 Å². The van der Waals surface area contributed by atoms with Gasteiger partial charge in [0.1, 0.15) is 11.5 Å². The molecule has 1 aromatic rings. The van der Waals surface area contributed by atoms with Crippen molar-refractivity contribution in [2.75, 3.05) is 25.9 Å². The highest BCUT2D eigenvalue weighted by molar-refractivity contribution is 7.97. The summed E-state index contributed by atoms with van der Waals surface area (Å²) in [6.07, 6.45) is 0.923. The van der Waals surface area contributed by atoms with Crippen LogP contribution in [0.4, 0.5) is 10.1 Å². The highest BCUT2D eigenvalue weighted by Crippen LogP contribution is 2.21. The minimum Gasteiger partial charge on any atom is -0.311 e. The largest absolute Gasteiger partial charge is 0.311 e. The summed E-state index contributed by atoms with van der Waals surface area (Å²) in [6.45, 7) is 4.13. The molecule has 0 radical (unpaired) electrons. The Labute approximate surface area is 154 Å². The van der Waals surface area contributed by atoms with Crippen molar-refractivity contribution in [3.8, 4) is 0 Å². The Morgan fingerprint density at radius 1 is 1.48 bits per heavy atom. The summed E-state index contributed by atoms with van der Waals surface area (Å²) in [4.78, 5) is 8.72. The van der Waals surface area contributed by atoms with Crippen LogP contribution >= 0.6 is 23.5 Å². The summed E-state index contributed by atoms with van der Waals surface area (Å²) in [5.41, 5.74) is 2.51. The van der Waals surface area contributed by atoms with E-state index in [2.05, 4.69) is 37.0 Å². The molecule has 1 aromatic carbocycles. The van der Waals surface area contributed by atoms with Gasteiger partial charge in [0, 0.05) is 19.0 Å². The normalized spacial score (nSPS) is 12.2. The second-order valence-electron chi connectivity index (χ2n) is 4.50. The first-order valence-corrected chi connectivity index (χ1v) is 8.61. The third kappa shape index (κ3) is 8.27. The maximum atomic E-state index is 13.2. The van der Waals surface area contributed by atoms with Gasteiger partial charge in [-0.05, 0) is 38.2 Å². The first kappa shape index (κ1) is 21.3. The van der Waals surface area contributed by atoms with Crippen LogP contribution in [0.15, 0.2) is 33.5 Å². The number of halogens is 2. The Balaban J connectivity index is 2.80. The van der Waals surface area contributed by atoms with E-state index in [0.717, 1.165) is 18.7 Å². The third-order valence-corrected chi connectivity index (χ3v) is 3.84. The molecule has 8 nitrogen and oxygen atoms in total. The molecule has 25 heavy (non-hydrogen) atoms. The molecule has 4 N–H and O–H groups in total. The van der Waals surface area contributed by atoms with Gasteiger partial charge in [0.25, 0.3) is 0 Å². The molecule has 1 rings (SSSR count). The molecule has 0 bridgehead atoms. The maximum absolute atomic E-state index is 13.2. The van der Waals surface area contributed by atoms with Crippen molar-refractivity contribution in [2.45, 2.75) is 6.42 Å². The average Bonchev–Trinajstić information content (AvgIpc) is 2.61. The van der Waals surface area contributed by atoms with Crippen molar-refractivity contribution >= 4 is 47.5 Å². The minimum absolute atomic E-state index is 0.00317. The third-order valence-electron chi connectivity index (χ3n) is 2.77. The molecule has 0 aromatic heterocycles. The fraction of sp³-hybridized carbons (Fsp3) is 0.357. The molecule has 11 heteroatoms.